The number of carbonyl (C=O) groups excluding carboxylic acids is 2. The number of ether oxygens (including phenoxy) is 1. The molecule has 0 aliphatic carbocycles. The van der Waals surface area contributed by atoms with Crippen LogP contribution in [-0.4, -0.2) is 30.6 Å². The molecule has 0 aromatic heterocycles. The number of rotatable bonds is 6. The summed E-state index contributed by atoms with van der Waals surface area (Å²) in [5, 5.41) is 2.68. The zero-order chi connectivity index (χ0) is 15.2. The molecular weight excluding hydrogens is 256 g/mol. The van der Waals surface area contributed by atoms with Crippen molar-refractivity contribution in [1.82, 2.24) is 5.32 Å². The molecule has 1 unspecified atom stereocenters. The Morgan fingerprint density at radius 3 is 2.40 bits per heavy atom. The SMILES string of the molecule is COC(=O)C(Cc1ccccc1)NC(=O)CC(C)(C)N. The van der Waals surface area contributed by atoms with E-state index in [0.29, 0.717) is 6.42 Å². The van der Waals surface area contributed by atoms with Gasteiger partial charge in [0.25, 0.3) is 0 Å². The zero-order valence-corrected chi connectivity index (χ0v) is 12.2. The standard InChI is InChI=1S/C15H22N2O3/c1-15(2,16)10-13(18)17-12(14(19)20-3)9-11-7-5-4-6-8-11/h4-8,12H,9-10,16H2,1-3H3,(H,17,18). The maximum absolute atomic E-state index is 11.9. The highest BCUT2D eigenvalue weighted by molar-refractivity contribution is 5.85. The van der Waals surface area contributed by atoms with Gasteiger partial charge in [0, 0.05) is 18.4 Å². The van der Waals surface area contributed by atoms with Crippen molar-refractivity contribution in [2.75, 3.05) is 7.11 Å². The lowest BCUT2D eigenvalue weighted by molar-refractivity contribution is -0.145. The zero-order valence-electron chi connectivity index (χ0n) is 12.2. The van der Waals surface area contributed by atoms with Gasteiger partial charge in [-0.3, -0.25) is 4.79 Å². The molecule has 1 amide bonds. The molecule has 0 spiro atoms. The Morgan fingerprint density at radius 1 is 1.30 bits per heavy atom. The molecule has 1 aromatic rings. The van der Waals surface area contributed by atoms with E-state index in [0.717, 1.165) is 5.56 Å². The third-order valence-corrected chi connectivity index (χ3v) is 2.72. The van der Waals surface area contributed by atoms with Crippen molar-refractivity contribution in [3.8, 4) is 0 Å². The van der Waals surface area contributed by atoms with Gasteiger partial charge in [0.15, 0.2) is 0 Å². The Labute approximate surface area is 119 Å². The summed E-state index contributed by atoms with van der Waals surface area (Å²) in [4.78, 5) is 23.6. The van der Waals surface area contributed by atoms with Crippen LogP contribution in [0.3, 0.4) is 0 Å². The maximum atomic E-state index is 11.9. The van der Waals surface area contributed by atoms with Crippen molar-refractivity contribution < 1.29 is 14.3 Å². The number of nitrogens with two attached hydrogens (primary N) is 1. The fourth-order valence-corrected chi connectivity index (χ4v) is 1.84. The first kappa shape index (κ1) is 16.2. The van der Waals surface area contributed by atoms with Crippen LogP contribution in [0.25, 0.3) is 0 Å². The summed E-state index contributed by atoms with van der Waals surface area (Å²) >= 11 is 0. The highest BCUT2D eigenvalue weighted by Gasteiger charge is 2.24. The average Bonchev–Trinajstić information content (AvgIpc) is 2.36. The summed E-state index contributed by atoms with van der Waals surface area (Å²) in [5.41, 5.74) is 6.14. The molecule has 0 radical (unpaired) electrons. The van der Waals surface area contributed by atoms with Gasteiger partial charge in [0.05, 0.1) is 7.11 Å². The topological polar surface area (TPSA) is 81.4 Å². The minimum absolute atomic E-state index is 0.148. The first-order chi connectivity index (χ1) is 9.31. The Morgan fingerprint density at radius 2 is 1.90 bits per heavy atom. The van der Waals surface area contributed by atoms with Crippen LogP contribution in [0.5, 0.6) is 0 Å². The molecule has 5 heteroatoms. The van der Waals surface area contributed by atoms with Crippen LogP contribution in [0, 0.1) is 0 Å². The molecule has 20 heavy (non-hydrogen) atoms. The smallest absolute Gasteiger partial charge is 0.328 e. The molecule has 5 nitrogen and oxygen atoms in total. The summed E-state index contributed by atoms with van der Waals surface area (Å²) in [6.07, 6.45) is 0.541. The Hall–Kier alpha value is -1.88. The number of nitrogens with one attached hydrogen (secondary N) is 1. The van der Waals surface area contributed by atoms with Crippen molar-refractivity contribution in [3.05, 3.63) is 35.9 Å². The lowest BCUT2D eigenvalue weighted by atomic mass is 10.0. The fraction of sp³-hybridized carbons (Fsp3) is 0.467. The highest BCUT2D eigenvalue weighted by Crippen LogP contribution is 2.07. The van der Waals surface area contributed by atoms with E-state index in [2.05, 4.69) is 5.32 Å². The van der Waals surface area contributed by atoms with Crippen LogP contribution < -0.4 is 11.1 Å². The van der Waals surface area contributed by atoms with Gasteiger partial charge in [-0.1, -0.05) is 30.3 Å². The van der Waals surface area contributed by atoms with E-state index in [1.54, 1.807) is 13.8 Å². The van der Waals surface area contributed by atoms with Crippen molar-refractivity contribution in [3.63, 3.8) is 0 Å². The van der Waals surface area contributed by atoms with E-state index in [1.807, 2.05) is 30.3 Å². The maximum Gasteiger partial charge on any atom is 0.328 e. The third-order valence-electron chi connectivity index (χ3n) is 2.72. The molecule has 0 heterocycles. The van der Waals surface area contributed by atoms with E-state index >= 15 is 0 Å². The quantitative estimate of drug-likeness (QED) is 0.761. The van der Waals surface area contributed by atoms with E-state index in [4.69, 9.17) is 10.5 Å². The van der Waals surface area contributed by atoms with Crippen LogP contribution in [0.15, 0.2) is 30.3 Å². The van der Waals surface area contributed by atoms with Crippen LogP contribution in [0.1, 0.15) is 25.8 Å². The first-order valence-corrected chi connectivity index (χ1v) is 6.52. The Kier molecular flexibility index (Phi) is 5.70. The predicted molar refractivity (Wildman–Crippen MR) is 77.0 cm³/mol. The molecule has 1 atom stereocenters. The van der Waals surface area contributed by atoms with Crippen LogP contribution in [-0.2, 0) is 20.7 Å². The second-order valence-corrected chi connectivity index (χ2v) is 5.50. The molecule has 3 N–H and O–H groups in total. The van der Waals surface area contributed by atoms with Crippen LogP contribution in [0.2, 0.25) is 0 Å². The first-order valence-electron chi connectivity index (χ1n) is 6.52. The van der Waals surface area contributed by atoms with Crippen molar-refractivity contribution in [1.29, 1.82) is 0 Å². The average molecular weight is 278 g/mol. The van der Waals surface area contributed by atoms with Crippen molar-refractivity contribution in [2.24, 2.45) is 5.73 Å². The van der Waals surface area contributed by atoms with E-state index in [9.17, 15) is 9.59 Å². The van der Waals surface area contributed by atoms with Gasteiger partial charge in [-0.2, -0.15) is 0 Å². The van der Waals surface area contributed by atoms with Gasteiger partial charge in [-0.05, 0) is 19.4 Å². The third kappa shape index (κ3) is 5.84. The van der Waals surface area contributed by atoms with Gasteiger partial charge in [-0.25, -0.2) is 4.79 Å². The summed E-state index contributed by atoms with van der Waals surface area (Å²) < 4.78 is 4.73. The molecule has 0 saturated heterocycles. The second-order valence-electron chi connectivity index (χ2n) is 5.50. The molecule has 1 aromatic carbocycles. The van der Waals surface area contributed by atoms with E-state index in [1.165, 1.54) is 7.11 Å². The highest BCUT2D eigenvalue weighted by atomic mass is 16.5. The number of benzene rings is 1. The molecule has 1 rings (SSSR count). The minimum Gasteiger partial charge on any atom is -0.467 e. The van der Waals surface area contributed by atoms with Gasteiger partial charge < -0.3 is 15.8 Å². The van der Waals surface area contributed by atoms with E-state index < -0.39 is 17.6 Å². The molecule has 0 saturated carbocycles. The summed E-state index contributed by atoms with van der Waals surface area (Å²) in [6.45, 7) is 3.52. The van der Waals surface area contributed by atoms with Gasteiger partial charge in [0.2, 0.25) is 5.91 Å². The largest absolute Gasteiger partial charge is 0.467 e. The summed E-state index contributed by atoms with van der Waals surface area (Å²) in [7, 11) is 1.30. The lowest BCUT2D eigenvalue weighted by Gasteiger charge is -2.21. The molecule has 0 aliphatic heterocycles. The molecule has 110 valence electrons. The van der Waals surface area contributed by atoms with Crippen LogP contribution >= 0.6 is 0 Å². The molecule has 0 bridgehead atoms. The number of hydrogen-bond acceptors (Lipinski definition) is 4. The summed E-state index contributed by atoms with van der Waals surface area (Å²) in [5.74, 6) is -0.721. The summed E-state index contributed by atoms with van der Waals surface area (Å²) in [6, 6.07) is 8.76. The minimum atomic E-state index is -0.697. The second kappa shape index (κ2) is 7.05. The Bertz CT molecular complexity index is 452. The molecule has 0 aliphatic rings. The monoisotopic (exact) mass is 278 g/mol. The van der Waals surface area contributed by atoms with Crippen LogP contribution in [0.4, 0.5) is 0 Å². The van der Waals surface area contributed by atoms with Gasteiger partial charge in [-0.15, -0.1) is 0 Å². The number of hydrogen-bond donors (Lipinski definition) is 2. The number of esters is 1. The number of methoxy groups -OCH3 is 1. The number of carbonyl (C=O) groups is 2. The molecule has 0 fully saturated rings. The fourth-order valence-electron chi connectivity index (χ4n) is 1.84. The Balaban J connectivity index is 2.70. The molecular formula is C15H22N2O3. The predicted octanol–water partition coefficient (Wildman–Crippen LogP) is 1.01. The lowest BCUT2D eigenvalue weighted by Crippen LogP contribution is -2.46. The van der Waals surface area contributed by atoms with Gasteiger partial charge in [0.1, 0.15) is 6.04 Å². The van der Waals surface area contributed by atoms with Gasteiger partial charge >= 0.3 is 5.97 Å². The van der Waals surface area contributed by atoms with Crippen molar-refractivity contribution in [2.45, 2.75) is 38.3 Å². The number of amides is 1. The van der Waals surface area contributed by atoms with E-state index in [-0.39, 0.29) is 12.3 Å². The van der Waals surface area contributed by atoms with Crippen molar-refractivity contribution >= 4 is 11.9 Å². The normalized spacial score (nSPS) is 12.6.